The van der Waals surface area contributed by atoms with Crippen LogP contribution < -0.4 is 10.1 Å². The fourth-order valence-electron chi connectivity index (χ4n) is 1.54. The van der Waals surface area contributed by atoms with Gasteiger partial charge in [-0.2, -0.15) is 0 Å². The average molecular weight is 379 g/mol. The molecule has 0 saturated heterocycles. The highest BCUT2D eigenvalue weighted by atomic mass is 79.9. The molecule has 0 aliphatic heterocycles. The Hall–Kier alpha value is -0.0600. The van der Waals surface area contributed by atoms with Crippen LogP contribution >= 0.6 is 31.9 Å². The highest BCUT2D eigenvalue weighted by Crippen LogP contribution is 2.33. The first-order valence-corrected chi connectivity index (χ1v) is 8.01. The van der Waals surface area contributed by atoms with Crippen molar-refractivity contribution in [3.8, 4) is 5.75 Å². The molecule has 1 aromatic carbocycles. The van der Waals surface area contributed by atoms with E-state index in [1.54, 1.807) is 0 Å². The van der Waals surface area contributed by atoms with E-state index in [1.165, 1.54) is 5.56 Å². The van der Waals surface area contributed by atoms with E-state index in [1.807, 2.05) is 6.07 Å². The van der Waals surface area contributed by atoms with Gasteiger partial charge in [0.25, 0.3) is 0 Å². The second-order valence-electron chi connectivity index (χ2n) is 4.41. The van der Waals surface area contributed by atoms with Crippen LogP contribution in [0.15, 0.2) is 21.1 Å². The summed E-state index contributed by atoms with van der Waals surface area (Å²) in [5, 5.41) is 3.50. The summed E-state index contributed by atoms with van der Waals surface area (Å²) in [5.74, 6) is 0.954. The zero-order valence-electron chi connectivity index (χ0n) is 11.2. The molecule has 1 atom stereocenters. The Labute approximate surface area is 127 Å². The Morgan fingerprint density at radius 3 is 2.61 bits per heavy atom. The third-order valence-corrected chi connectivity index (χ3v) is 3.84. The minimum Gasteiger partial charge on any atom is -0.492 e. The highest BCUT2D eigenvalue weighted by molar-refractivity contribution is 9.11. The molecule has 1 rings (SSSR count). The first-order valence-electron chi connectivity index (χ1n) is 6.42. The smallest absolute Gasteiger partial charge is 0.138 e. The molecule has 0 fully saturated rings. The van der Waals surface area contributed by atoms with E-state index in [2.05, 4.69) is 64.0 Å². The Morgan fingerprint density at radius 1 is 1.28 bits per heavy atom. The van der Waals surface area contributed by atoms with Crippen molar-refractivity contribution in [3.63, 3.8) is 0 Å². The molecule has 4 heteroatoms. The molecular formula is C14H21Br2NO. The maximum atomic E-state index is 5.83. The third-order valence-electron chi connectivity index (χ3n) is 2.79. The van der Waals surface area contributed by atoms with Crippen molar-refractivity contribution in [1.82, 2.24) is 5.32 Å². The molecule has 0 saturated carbocycles. The highest BCUT2D eigenvalue weighted by Gasteiger charge is 2.10. The molecule has 0 bridgehead atoms. The van der Waals surface area contributed by atoms with E-state index in [-0.39, 0.29) is 0 Å². The maximum absolute atomic E-state index is 5.83. The van der Waals surface area contributed by atoms with E-state index >= 15 is 0 Å². The van der Waals surface area contributed by atoms with Crippen molar-refractivity contribution < 1.29 is 4.74 Å². The van der Waals surface area contributed by atoms with Crippen LogP contribution in [0.3, 0.4) is 0 Å². The zero-order valence-corrected chi connectivity index (χ0v) is 14.4. The summed E-state index contributed by atoms with van der Waals surface area (Å²) in [6, 6.07) is 4.66. The third kappa shape index (κ3) is 4.90. The molecule has 102 valence electrons. The predicted octanol–water partition coefficient (Wildman–Crippen LogP) is 4.89. The van der Waals surface area contributed by atoms with Crippen molar-refractivity contribution in [2.75, 3.05) is 6.61 Å². The summed E-state index contributed by atoms with van der Waals surface area (Å²) in [5.41, 5.74) is 1.19. The number of benzene rings is 1. The quantitative estimate of drug-likeness (QED) is 0.729. The van der Waals surface area contributed by atoms with Gasteiger partial charge >= 0.3 is 0 Å². The molecular weight excluding hydrogens is 358 g/mol. The lowest BCUT2D eigenvalue weighted by Gasteiger charge is -2.16. The van der Waals surface area contributed by atoms with Gasteiger partial charge in [0.1, 0.15) is 5.75 Å². The van der Waals surface area contributed by atoms with Gasteiger partial charge in [0, 0.05) is 22.6 Å². The number of rotatable bonds is 7. The largest absolute Gasteiger partial charge is 0.492 e. The van der Waals surface area contributed by atoms with Gasteiger partial charge < -0.3 is 10.1 Å². The monoisotopic (exact) mass is 377 g/mol. The topological polar surface area (TPSA) is 21.3 Å². The van der Waals surface area contributed by atoms with Gasteiger partial charge in [-0.3, -0.25) is 0 Å². The van der Waals surface area contributed by atoms with E-state index in [9.17, 15) is 0 Å². The van der Waals surface area contributed by atoms with E-state index in [0.29, 0.717) is 6.04 Å². The van der Waals surface area contributed by atoms with Crippen LogP contribution in [0, 0.1) is 0 Å². The molecule has 1 aromatic rings. The SMILES string of the molecule is CCCOc1c(Br)cc(Br)cc1CNC(C)CC. The molecule has 1 N–H and O–H groups in total. The molecule has 0 amide bonds. The normalized spacial score (nSPS) is 12.5. The molecule has 1 unspecified atom stereocenters. The molecule has 0 aliphatic rings. The Morgan fingerprint density at radius 2 is 2.00 bits per heavy atom. The van der Waals surface area contributed by atoms with Crippen LogP contribution in [0.2, 0.25) is 0 Å². The summed E-state index contributed by atoms with van der Waals surface area (Å²) in [7, 11) is 0. The first kappa shape index (κ1) is 16.0. The minimum absolute atomic E-state index is 0.516. The Balaban J connectivity index is 2.85. The van der Waals surface area contributed by atoms with E-state index < -0.39 is 0 Å². The molecule has 0 heterocycles. The minimum atomic E-state index is 0.516. The summed E-state index contributed by atoms with van der Waals surface area (Å²) in [6.07, 6.45) is 2.14. The van der Waals surface area contributed by atoms with Gasteiger partial charge in [0.15, 0.2) is 0 Å². The Kier molecular flexibility index (Phi) is 7.27. The lowest BCUT2D eigenvalue weighted by atomic mass is 10.1. The first-order chi connectivity index (χ1) is 8.58. The van der Waals surface area contributed by atoms with Crippen LogP contribution in [0.4, 0.5) is 0 Å². The summed E-state index contributed by atoms with van der Waals surface area (Å²) in [6.45, 7) is 8.06. The summed E-state index contributed by atoms with van der Waals surface area (Å²) < 4.78 is 7.90. The lowest BCUT2D eigenvalue weighted by molar-refractivity contribution is 0.310. The van der Waals surface area contributed by atoms with Crippen molar-refractivity contribution in [1.29, 1.82) is 0 Å². The van der Waals surface area contributed by atoms with Crippen molar-refractivity contribution in [2.24, 2.45) is 0 Å². The van der Waals surface area contributed by atoms with Gasteiger partial charge in [-0.25, -0.2) is 0 Å². The Bertz CT molecular complexity index is 382. The molecule has 0 radical (unpaired) electrons. The fourth-order valence-corrected chi connectivity index (χ4v) is 2.97. The maximum Gasteiger partial charge on any atom is 0.138 e. The van der Waals surface area contributed by atoms with Gasteiger partial charge in [-0.1, -0.05) is 29.8 Å². The van der Waals surface area contributed by atoms with Gasteiger partial charge in [-0.05, 0) is 47.8 Å². The molecule has 0 aromatic heterocycles. The average Bonchev–Trinajstić information content (AvgIpc) is 2.34. The van der Waals surface area contributed by atoms with Crippen molar-refractivity contribution >= 4 is 31.9 Å². The van der Waals surface area contributed by atoms with Crippen LogP contribution in [-0.4, -0.2) is 12.6 Å². The number of halogens is 2. The molecule has 0 spiro atoms. The fraction of sp³-hybridized carbons (Fsp3) is 0.571. The van der Waals surface area contributed by atoms with Crippen LogP contribution in [0.1, 0.15) is 39.2 Å². The number of ether oxygens (including phenoxy) is 1. The lowest BCUT2D eigenvalue weighted by Crippen LogP contribution is -2.24. The standard InChI is InChI=1S/C14H21Br2NO/c1-4-6-18-14-11(9-17-10(3)5-2)7-12(15)8-13(14)16/h7-8,10,17H,4-6,9H2,1-3H3. The van der Waals surface area contributed by atoms with Crippen LogP contribution in [-0.2, 0) is 6.54 Å². The summed E-state index contributed by atoms with van der Waals surface area (Å²) >= 11 is 7.10. The molecule has 2 nitrogen and oxygen atoms in total. The summed E-state index contributed by atoms with van der Waals surface area (Å²) in [4.78, 5) is 0. The van der Waals surface area contributed by atoms with Gasteiger partial charge in [0.2, 0.25) is 0 Å². The number of hydrogen-bond acceptors (Lipinski definition) is 2. The van der Waals surface area contributed by atoms with E-state index in [4.69, 9.17) is 4.74 Å². The van der Waals surface area contributed by atoms with E-state index in [0.717, 1.165) is 40.7 Å². The molecule has 18 heavy (non-hydrogen) atoms. The second kappa shape index (κ2) is 8.18. The van der Waals surface area contributed by atoms with Gasteiger partial charge in [-0.15, -0.1) is 0 Å². The van der Waals surface area contributed by atoms with Gasteiger partial charge in [0.05, 0.1) is 11.1 Å². The second-order valence-corrected chi connectivity index (χ2v) is 6.18. The van der Waals surface area contributed by atoms with Crippen LogP contribution in [0.25, 0.3) is 0 Å². The van der Waals surface area contributed by atoms with Crippen molar-refractivity contribution in [2.45, 2.75) is 46.2 Å². The zero-order chi connectivity index (χ0) is 13.5. The predicted molar refractivity (Wildman–Crippen MR) is 84.2 cm³/mol. The number of nitrogens with one attached hydrogen (secondary N) is 1. The van der Waals surface area contributed by atoms with Crippen molar-refractivity contribution in [3.05, 3.63) is 26.6 Å². The van der Waals surface area contributed by atoms with Crippen LogP contribution in [0.5, 0.6) is 5.75 Å². The number of hydrogen-bond donors (Lipinski definition) is 1. The molecule has 0 aliphatic carbocycles.